The summed E-state index contributed by atoms with van der Waals surface area (Å²) in [7, 11) is 0. The van der Waals surface area contributed by atoms with Gasteiger partial charge in [-0.25, -0.2) is 9.18 Å². The standard InChI is InChI=1S/C15H20BrFN2O2/c1-15(2,3)21-14(20)19-13-7-12(13)18-8-9-6-10(16)4-5-11(9)17/h4-6,12-13,18H,7-8H2,1-3H3,(H,19,20). The van der Waals surface area contributed by atoms with E-state index in [1.807, 2.05) is 20.8 Å². The van der Waals surface area contributed by atoms with Crippen molar-refractivity contribution < 1.29 is 13.9 Å². The molecule has 4 nitrogen and oxygen atoms in total. The third-order valence-corrected chi connectivity index (χ3v) is 3.55. The summed E-state index contributed by atoms with van der Waals surface area (Å²) in [6.45, 7) is 5.91. The molecule has 1 aromatic carbocycles. The Balaban J connectivity index is 1.75. The Hall–Kier alpha value is -1.14. The molecule has 0 aliphatic heterocycles. The van der Waals surface area contributed by atoms with Crippen molar-refractivity contribution >= 4 is 22.0 Å². The van der Waals surface area contributed by atoms with Gasteiger partial charge in [-0.1, -0.05) is 15.9 Å². The minimum atomic E-state index is -0.499. The number of hydrogen-bond donors (Lipinski definition) is 2. The lowest BCUT2D eigenvalue weighted by Gasteiger charge is -2.19. The highest BCUT2D eigenvalue weighted by Crippen LogP contribution is 2.23. The molecule has 21 heavy (non-hydrogen) atoms. The van der Waals surface area contributed by atoms with E-state index in [2.05, 4.69) is 26.6 Å². The van der Waals surface area contributed by atoms with E-state index in [1.54, 1.807) is 12.1 Å². The molecule has 1 aromatic rings. The maximum atomic E-state index is 13.6. The molecular formula is C15H20BrFN2O2. The van der Waals surface area contributed by atoms with Crippen molar-refractivity contribution in [1.82, 2.24) is 10.6 Å². The van der Waals surface area contributed by atoms with Crippen LogP contribution in [0.5, 0.6) is 0 Å². The number of amides is 1. The third-order valence-electron chi connectivity index (χ3n) is 3.06. The zero-order valence-corrected chi connectivity index (χ0v) is 14.0. The predicted molar refractivity (Wildman–Crippen MR) is 82.5 cm³/mol. The molecule has 0 aromatic heterocycles. The number of hydrogen-bond acceptors (Lipinski definition) is 3. The molecule has 1 aliphatic carbocycles. The van der Waals surface area contributed by atoms with Crippen LogP contribution in [0.2, 0.25) is 0 Å². The monoisotopic (exact) mass is 358 g/mol. The van der Waals surface area contributed by atoms with Gasteiger partial charge in [-0.2, -0.15) is 0 Å². The largest absolute Gasteiger partial charge is 0.444 e. The Labute approximate surface area is 132 Å². The van der Waals surface area contributed by atoms with E-state index in [9.17, 15) is 9.18 Å². The molecule has 2 atom stereocenters. The lowest BCUT2D eigenvalue weighted by molar-refractivity contribution is 0.0522. The fourth-order valence-corrected chi connectivity index (χ4v) is 2.37. The summed E-state index contributed by atoms with van der Waals surface area (Å²) in [6.07, 6.45) is 0.417. The number of carbonyl (C=O) groups is 1. The SMILES string of the molecule is CC(C)(C)OC(=O)NC1CC1NCc1cc(Br)ccc1F. The van der Waals surface area contributed by atoms with Crippen LogP contribution < -0.4 is 10.6 Å². The summed E-state index contributed by atoms with van der Waals surface area (Å²) in [4.78, 5) is 11.6. The van der Waals surface area contributed by atoms with E-state index in [-0.39, 0.29) is 17.9 Å². The van der Waals surface area contributed by atoms with Gasteiger partial charge in [0.05, 0.1) is 0 Å². The topological polar surface area (TPSA) is 50.4 Å². The molecular weight excluding hydrogens is 339 g/mol. The number of nitrogens with one attached hydrogen (secondary N) is 2. The van der Waals surface area contributed by atoms with Crippen LogP contribution in [0.25, 0.3) is 0 Å². The van der Waals surface area contributed by atoms with E-state index < -0.39 is 11.7 Å². The molecule has 2 N–H and O–H groups in total. The molecule has 1 amide bonds. The minimum Gasteiger partial charge on any atom is -0.444 e. The van der Waals surface area contributed by atoms with Crippen LogP contribution in [0.4, 0.5) is 9.18 Å². The fourth-order valence-electron chi connectivity index (χ4n) is 1.96. The van der Waals surface area contributed by atoms with Crippen LogP contribution in [0.1, 0.15) is 32.8 Å². The lowest BCUT2D eigenvalue weighted by atomic mass is 10.2. The van der Waals surface area contributed by atoms with Crippen LogP contribution >= 0.6 is 15.9 Å². The smallest absolute Gasteiger partial charge is 0.407 e. The van der Waals surface area contributed by atoms with Crippen LogP contribution in [-0.2, 0) is 11.3 Å². The van der Waals surface area contributed by atoms with E-state index in [0.717, 1.165) is 10.9 Å². The van der Waals surface area contributed by atoms with E-state index in [1.165, 1.54) is 6.07 Å². The van der Waals surface area contributed by atoms with Crippen LogP contribution in [0, 0.1) is 5.82 Å². The Kier molecular flexibility index (Phi) is 4.88. The first-order chi connectivity index (χ1) is 9.74. The second kappa shape index (κ2) is 6.32. The van der Waals surface area contributed by atoms with Gasteiger partial charge in [-0.05, 0) is 45.4 Å². The van der Waals surface area contributed by atoms with Gasteiger partial charge in [-0.3, -0.25) is 0 Å². The second-order valence-electron chi connectivity index (χ2n) is 6.21. The van der Waals surface area contributed by atoms with Gasteiger partial charge in [0.2, 0.25) is 0 Å². The Bertz CT molecular complexity index is 531. The zero-order valence-electron chi connectivity index (χ0n) is 12.4. The van der Waals surface area contributed by atoms with Gasteiger partial charge in [0.15, 0.2) is 0 Å². The van der Waals surface area contributed by atoms with E-state index in [0.29, 0.717) is 12.1 Å². The van der Waals surface area contributed by atoms with Gasteiger partial charge < -0.3 is 15.4 Å². The van der Waals surface area contributed by atoms with Crippen molar-refractivity contribution in [2.45, 2.75) is 51.4 Å². The lowest BCUT2D eigenvalue weighted by Crippen LogP contribution is -2.36. The highest BCUT2D eigenvalue weighted by Gasteiger charge is 2.38. The van der Waals surface area contributed by atoms with Gasteiger partial charge in [0.25, 0.3) is 0 Å². The van der Waals surface area contributed by atoms with Crippen LogP contribution in [0.3, 0.4) is 0 Å². The first kappa shape index (κ1) is 16.2. The summed E-state index contributed by atoms with van der Waals surface area (Å²) in [6, 6.07) is 5.07. The average Bonchev–Trinajstić information content (AvgIpc) is 3.06. The van der Waals surface area contributed by atoms with Gasteiger partial charge in [-0.15, -0.1) is 0 Å². The summed E-state index contributed by atoms with van der Waals surface area (Å²) in [5, 5.41) is 6.02. The molecule has 1 fully saturated rings. The van der Waals surface area contributed by atoms with Crippen LogP contribution in [0.15, 0.2) is 22.7 Å². The van der Waals surface area contributed by atoms with Crippen molar-refractivity contribution in [2.75, 3.05) is 0 Å². The first-order valence-corrected chi connectivity index (χ1v) is 7.71. The summed E-state index contributed by atoms with van der Waals surface area (Å²) in [5.74, 6) is -0.233. The maximum absolute atomic E-state index is 13.6. The van der Waals surface area contributed by atoms with Crippen molar-refractivity contribution in [3.05, 3.63) is 34.1 Å². The normalized spacial score (nSPS) is 21.0. The second-order valence-corrected chi connectivity index (χ2v) is 7.13. The highest BCUT2D eigenvalue weighted by atomic mass is 79.9. The van der Waals surface area contributed by atoms with Crippen molar-refractivity contribution in [2.24, 2.45) is 0 Å². The Morgan fingerprint density at radius 1 is 1.43 bits per heavy atom. The molecule has 0 saturated heterocycles. The Morgan fingerprint density at radius 2 is 2.14 bits per heavy atom. The molecule has 2 unspecified atom stereocenters. The van der Waals surface area contributed by atoms with E-state index in [4.69, 9.17) is 4.74 Å². The van der Waals surface area contributed by atoms with Gasteiger partial charge >= 0.3 is 6.09 Å². The minimum absolute atomic E-state index is 0.0510. The van der Waals surface area contributed by atoms with Gasteiger partial charge in [0, 0.05) is 28.7 Å². The average molecular weight is 359 g/mol. The molecule has 6 heteroatoms. The first-order valence-electron chi connectivity index (χ1n) is 6.91. The summed E-state index contributed by atoms with van der Waals surface area (Å²) >= 11 is 3.32. The summed E-state index contributed by atoms with van der Waals surface area (Å²) in [5.41, 5.74) is 0.105. The number of ether oxygens (including phenoxy) is 1. The summed E-state index contributed by atoms with van der Waals surface area (Å²) < 4.78 is 19.6. The number of carbonyl (C=O) groups excluding carboxylic acids is 1. The zero-order chi connectivity index (χ0) is 15.6. The number of benzene rings is 1. The molecule has 116 valence electrons. The number of rotatable bonds is 4. The fraction of sp³-hybridized carbons (Fsp3) is 0.533. The third kappa shape index (κ3) is 5.28. The van der Waals surface area contributed by atoms with Crippen molar-refractivity contribution in [1.29, 1.82) is 0 Å². The molecule has 1 aliphatic rings. The quantitative estimate of drug-likeness (QED) is 0.867. The van der Waals surface area contributed by atoms with E-state index >= 15 is 0 Å². The highest BCUT2D eigenvalue weighted by molar-refractivity contribution is 9.10. The van der Waals surface area contributed by atoms with Crippen LogP contribution in [-0.4, -0.2) is 23.8 Å². The molecule has 0 heterocycles. The maximum Gasteiger partial charge on any atom is 0.407 e. The van der Waals surface area contributed by atoms with Gasteiger partial charge in [0.1, 0.15) is 11.4 Å². The molecule has 1 saturated carbocycles. The molecule has 2 rings (SSSR count). The van der Waals surface area contributed by atoms with Crippen molar-refractivity contribution in [3.8, 4) is 0 Å². The Morgan fingerprint density at radius 3 is 2.81 bits per heavy atom. The predicted octanol–water partition coefficient (Wildman–Crippen LogP) is 3.34. The molecule has 0 bridgehead atoms. The number of alkyl carbamates (subject to hydrolysis) is 1. The molecule has 0 spiro atoms. The molecule has 0 radical (unpaired) electrons. The number of halogens is 2. The van der Waals surface area contributed by atoms with Crippen molar-refractivity contribution in [3.63, 3.8) is 0 Å².